The summed E-state index contributed by atoms with van der Waals surface area (Å²) < 4.78 is 16.6. The summed E-state index contributed by atoms with van der Waals surface area (Å²) in [6.45, 7) is 4.14. The maximum Gasteiger partial charge on any atom is 0.305 e. The van der Waals surface area contributed by atoms with E-state index in [9.17, 15) is 35.1 Å². The number of allylic oxidation sites excluding steroid dienone is 9. The molecular weight excluding hydrogens is 907 g/mol. The molecular formula is C61H109NO10. The standard InChI is InChI=1S/C61H109NO10/c1-3-5-7-9-11-13-15-16-17-19-23-26-29-33-37-41-45-49-57(66)70-50-46-42-38-34-30-27-24-21-18-20-22-25-28-32-36-40-44-48-56(65)62-53(52-71-61-60(69)59(68)58(67)55(51-63)72-61)54(64)47-43-39-35-31-14-12-10-8-6-4-2/h6,8,14,18,21,27,30-31,43,47,53-55,58-61,63-64,67-69H,3-5,7,9-13,15-17,19-20,22-26,28-29,32-42,44-46,48-52H2,1-2H3,(H,62,65)/b8-6+,21-18-,30-27-,31-14+,47-43+. The van der Waals surface area contributed by atoms with E-state index in [1.54, 1.807) is 6.08 Å². The van der Waals surface area contributed by atoms with Gasteiger partial charge in [0.25, 0.3) is 0 Å². The molecule has 1 amide bonds. The molecule has 7 unspecified atom stereocenters. The first kappa shape index (κ1) is 67.4. The van der Waals surface area contributed by atoms with Crippen molar-refractivity contribution in [2.24, 2.45) is 0 Å². The average Bonchev–Trinajstić information content (AvgIpc) is 3.38. The van der Waals surface area contributed by atoms with Crippen molar-refractivity contribution in [2.45, 2.75) is 294 Å². The summed E-state index contributed by atoms with van der Waals surface area (Å²) in [4.78, 5) is 25.1. The molecule has 1 fully saturated rings. The van der Waals surface area contributed by atoms with Crippen molar-refractivity contribution in [3.8, 4) is 0 Å². The Kier molecular flexibility index (Phi) is 47.3. The monoisotopic (exact) mass is 1020 g/mol. The number of ether oxygens (including phenoxy) is 3. The summed E-state index contributed by atoms with van der Waals surface area (Å²) in [5, 5.41) is 54.1. The highest BCUT2D eigenvalue weighted by Gasteiger charge is 2.44. The Morgan fingerprint density at radius 3 is 1.51 bits per heavy atom. The molecule has 11 heteroatoms. The number of aliphatic hydroxyl groups excluding tert-OH is 5. The van der Waals surface area contributed by atoms with Crippen molar-refractivity contribution < 1.29 is 49.3 Å². The lowest BCUT2D eigenvalue weighted by Gasteiger charge is -2.40. The molecule has 0 spiro atoms. The van der Waals surface area contributed by atoms with Gasteiger partial charge in [-0.1, -0.05) is 209 Å². The molecule has 1 heterocycles. The van der Waals surface area contributed by atoms with Crippen LogP contribution in [-0.4, -0.2) is 100 Å². The number of hydrogen-bond donors (Lipinski definition) is 6. The lowest BCUT2D eigenvalue weighted by molar-refractivity contribution is -0.302. The number of nitrogens with one attached hydrogen (secondary N) is 1. The van der Waals surface area contributed by atoms with Crippen molar-refractivity contribution in [1.29, 1.82) is 0 Å². The maximum atomic E-state index is 13.0. The van der Waals surface area contributed by atoms with Crippen molar-refractivity contribution in [3.63, 3.8) is 0 Å². The molecule has 11 nitrogen and oxygen atoms in total. The zero-order valence-electron chi connectivity index (χ0n) is 45.9. The number of unbranched alkanes of at least 4 members (excludes halogenated alkanes) is 28. The van der Waals surface area contributed by atoms with Crippen LogP contribution in [0.5, 0.6) is 0 Å². The van der Waals surface area contributed by atoms with Gasteiger partial charge in [0.05, 0.1) is 32.0 Å². The van der Waals surface area contributed by atoms with E-state index < -0.39 is 49.5 Å². The SMILES string of the molecule is CC/C=C/CC/C=C/CC/C=C/C(O)C(COC1OC(CO)C(O)C(O)C1O)NC(=O)CCCCCCCCC/C=C\C/C=C\CCCCCOC(=O)CCCCCCCCCCCCCCCCCCC. The Bertz CT molecular complexity index is 1380. The second-order valence-electron chi connectivity index (χ2n) is 20.3. The Hall–Kier alpha value is -2.64. The minimum atomic E-state index is -1.59. The lowest BCUT2D eigenvalue weighted by atomic mass is 9.99. The van der Waals surface area contributed by atoms with Gasteiger partial charge in [-0.25, -0.2) is 0 Å². The minimum Gasteiger partial charge on any atom is -0.466 e. The number of esters is 1. The van der Waals surface area contributed by atoms with Crippen molar-refractivity contribution in [2.75, 3.05) is 19.8 Å². The van der Waals surface area contributed by atoms with E-state index in [0.717, 1.165) is 103 Å². The first-order valence-electron chi connectivity index (χ1n) is 29.6. The third-order valence-corrected chi connectivity index (χ3v) is 13.6. The molecule has 0 aliphatic carbocycles. The van der Waals surface area contributed by atoms with Crippen LogP contribution < -0.4 is 5.32 Å². The molecule has 1 rings (SSSR count). The quantitative estimate of drug-likeness (QED) is 0.0195. The topological polar surface area (TPSA) is 175 Å². The lowest BCUT2D eigenvalue weighted by Crippen LogP contribution is -2.60. The van der Waals surface area contributed by atoms with E-state index in [1.165, 1.54) is 116 Å². The van der Waals surface area contributed by atoms with Crippen LogP contribution in [0.1, 0.15) is 251 Å². The minimum absolute atomic E-state index is 0.0305. The van der Waals surface area contributed by atoms with E-state index in [4.69, 9.17) is 14.2 Å². The molecule has 0 bridgehead atoms. The van der Waals surface area contributed by atoms with Gasteiger partial charge in [0.2, 0.25) is 5.91 Å². The summed E-state index contributed by atoms with van der Waals surface area (Å²) in [5.41, 5.74) is 0. The highest BCUT2D eigenvalue weighted by molar-refractivity contribution is 5.76. The van der Waals surface area contributed by atoms with E-state index in [1.807, 2.05) is 6.08 Å². The summed E-state index contributed by atoms with van der Waals surface area (Å²) in [7, 11) is 0. The molecule has 1 aliphatic rings. The number of carbonyl (C=O) groups excluding carboxylic acids is 2. The third kappa shape index (κ3) is 39.8. The van der Waals surface area contributed by atoms with Crippen LogP contribution in [0.15, 0.2) is 60.8 Å². The van der Waals surface area contributed by atoms with Crippen LogP contribution in [0, 0.1) is 0 Å². The normalized spacial score (nSPS) is 19.5. The maximum absolute atomic E-state index is 13.0. The summed E-state index contributed by atoms with van der Waals surface area (Å²) in [6.07, 6.45) is 54.8. The smallest absolute Gasteiger partial charge is 0.305 e. The van der Waals surface area contributed by atoms with Crippen LogP contribution in [0.4, 0.5) is 0 Å². The van der Waals surface area contributed by atoms with Gasteiger partial charge in [0, 0.05) is 12.8 Å². The molecule has 0 saturated carbocycles. The number of rotatable bonds is 50. The van der Waals surface area contributed by atoms with Crippen LogP contribution in [-0.2, 0) is 23.8 Å². The van der Waals surface area contributed by atoms with Gasteiger partial charge < -0.3 is 45.1 Å². The molecule has 1 saturated heterocycles. The average molecular weight is 1020 g/mol. The Morgan fingerprint density at radius 1 is 0.528 bits per heavy atom. The second-order valence-corrected chi connectivity index (χ2v) is 20.3. The first-order valence-corrected chi connectivity index (χ1v) is 29.6. The van der Waals surface area contributed by atoms with Crippen LogP contribution in [0.25, 0.3) is 0 Å². The highest BCUT2D eigenvalue weighted by atomic mass is 16.7. The van der Waals surface area contributed by atoms with Gasteiger partial charge in [0.15, 0.2) is 6.29 Å². The second kappa shape index (κ2) is 50.5. The predicted octanol–water partition coefficient (Wildman–Crippen LogP) is 13.4. The van der Waals surface area contributed by atoms with Crippen LogP contribution in [0.3, 0.4) is 0 Å². The fourth-order valence-corrected chi connectivity index (χ4v) is 8.91. The van der Waals surface area contributed by atoms with Crippen molar-refractivity contribution in [3.05, 3.63) is 60.8 Å². The number of amides is 1. The summed E-state index contributed by atoms with van der Waals surface area (Å²) >= 11 is 0. The third-order valence-electron chi connectivity index (χ3n) is 13.6. The van der Waals surface area contributed by atoms with Gasteiger partial charge in [-0.15, -0.1) is 0 Å². The molecule has 418 valence electrons. The number of carbonyl (C=O) groups is 2. The summed E-state index contributed by atoms with van der Waals surface area (Å²) in [6, 6.07) is -0.847. The van der Waals surface area contributed by atoms with Gasteiger partial charge in [-0.2, -0.15) is 0 Å². The summed E-state index contributed by atoms with van der Waals surface area (Å²) in [5.74, 6) is -0.246. The molecule has 0 aromatic carbocycles. The molecule has 0 radical (unpaired) electrons. The largest absolute Gasteiger partial charge is 0.466 e. The van der Waals surface area contributed by atoms with Gasteiger partial charge >= 0.3 is 5.97 Å². The molecule has 6 N–H and O–H groups in total. The van der Waals surface area contributed by atoms with E-state index >= 15 is 0 Å². The Morgan fingerprint density at radius 2 is 0.986 bits per heavy atom. The van der Waals surface area contributed by atoms with Gasteiger partial charge in [-0.3, -0.25) is 9.59 Å². The zero-order chi connectivity index (χ0) is 52.4. The van der Waals surface area contributed by atoms with Gasteiger partial charge in [0.1, 0.15) is 24.4 Å². The van der Waals surface area contributed by atoms with Crippen LogP contribution in [0.2, 0.25) is 0 Å². The number of aliphatic hydroxyl groups is 5. The molecule has 7 atom stereocenters. The number of hydrogen-bond acceptors (Lipinski definition) is 10. The molecule has 0 aromatic heterocycles. The zero-order valence-corrected chi connectivity index (χ0v) is 45.9. The molecule has 0 aromatic rings. The first-order chi connectivity index (χ1) is 35.2. The van der Waals surface area contributed by atoms with E-state index in [0.29, 0.717) is 25.9 Å². The molecule has 72 heavy (non-hydrogen) atoms. The predicted molar refractivity (Wildman–Crippen MR) is 296 cm³/mol. The Balaban J connectivity index is 2.08. The Labute approximate surface area is 439 Å². The fraction of sp³-hybridized carbons (Fsp3) is 0.803. The van der Waals surface area contributed by atoms with Gasteiger partial charge in [-0.05, 0) is 89.9 Å². The van der Waals surface area contributed by atoms with Crippen molar-refractivity contribution in [1.82, 2.24) is 5.32 Å². The molecule has 1 aliphatic heterocycles. The van der Waals surface area contributed by atoms with Crippen molar-refractivity contribution >= 4 is 11.9 Å². The van der Waals surface area contributed by atoms with E-state index in [2.05, 4.69) is 67.8 Å². The van der Waals surface area contributed by atoms with E-state index in [-0.39, 0.29) is 18.5 Å². The fourth-order valence-electron chi connectivity index (χ4n) is 8.91. The highest BCUT2D eigenvalue weighted by Crippen LogP contribution is 2.23. The van der Waals surface area contributed by atoms with Crippen LogP contribution >= 0.6 is 0 Å².